The van der Waals surface area contributed by atoms with E-state index in [0.29, 0.717) is 5.92 Å². The Morgan fingerprint density at radius 3 is 2.24 bits per heavy atom. The highest BCUT2D eigenvalue weighted by molar-refractivity contribution is 5.25. The van der Waals surface area contributed by atoms with Crippen molar-refractivity contribution in [1.29, 1.82) is 0 Å². The van der Waals surface area contributed by atoms with Crippen LogP contribution in [0.5, 0.6) is 0 Å². The molecule has 1 unspecified atom stereocenters. The summed E-state index contributed by atoms with van der Waals surface area (Å²) in [6.07, 6.45) is 3.31. The molecule has 0 bridgehead atoms. The monoisotopic (exact) mass is 235 g/mol. The molecule has 1 atom stereocenters. The quantitative estimate of drug-likeness (QED) is 0.770. The molecule has 0 aliphatic heterocycles. The van der Waals surface area contributed by atoms with Crippen molar-refractivity contribution in [3.8, 4) is 0 Å². The molecule has 1 aromatic heterocycles. The summed E-state index contributed by atoms with van der Waals surface area (Å²) in [5, 5.41) is 3.17. The Kier molecular flexibility index (Phi) is 5.56. The molecular weight excluding hydrogens is 210 g/mol. The molecule has 0 aliphatic rings. The van der Waals surface area contributed by atoms with Crippen LogP contribution in [0.1, 0.15) is 55.4 Å². The Labute approximate surface area is 105 Å². The first-order valence-corrected chi connectivity index (χ1v) is 6.58. The summed E-state index contributed by atoms with van der Waals surface area (Å²) in [4.78, 5) is 9.30. The topological polar surface area (TPSA) is 37.8 Å². The van der Waals surface area contributed by atoms with E-state index in [1.165, 1.54) is 5.56 Å². The maximum absolute atomic E-state index is 4.65. The second-order valence-corrected chi connectivity index (χ2v) is 4.75. The molecule has 1 rings (SSSR count). The molecule has 1 N–H and O–H groups in total. The van der Waals surface area contributed by atoms with E-state index >= 15 is 0 Å². The Morgan fingerprint density at radius 1 is 1.18 bits per heavy atom. The van der Waals surface area contributed by atoms with Crippen LogP contribution < -0.4 is 5.32 Å². The van der Waals surface area contributed by atoms with Crippen LogP contribution in [0.3, 0.4) is 0 Å². The van der Waals surface area contributed by atoms with Crippen molar-refractivity contribution in [2.45, 2.75) is 52.9 Å². The van der Waals surface area contributed by atoms with Crippen molar-refractivity contribution < 1.29 is 0 Å². The van der Waals surface area contributed by atoms with Crippen molar-refractivity contribution in [2.75, 3.05) is 13.6 Å². The fraction of sp³-hybridized carbons (Fsp3) is 0.714. The van der Waals surface area contributed by atoms with Crippen LogP contribution >= 0.6 is 0 Å². The van der Waals surface area contributed by atoms with Gasteiger partial charge in [-0.15, -0.1) is 0 Å². The highest BCUT2D eigenvalue weighted by Crippen LogP contribution is 2.19. The van der Waals surface area contributed by atoms with Crippen molar-refractivity contribution in [3.05, 3.63) is 22.8 Å². The van der Waals surface area contributed by atoms with Gasteiger partial charge in [0.25, 0.3) is 0 Å². The van der Waals surface area contributed by atoms with E-state index in [9.17, 15) is 0 Å². The summed E-state index contributed by atoms with van der Waals surface area (Å²) in [6, 6.07) is 0. The standard InChI is InChI=1S/C14H25N3/c1-6-10(2)14-16-11(3)13(12(4)17-14)8-7-9-15-5/h10,15H,6-9H2,1-5H3. The van der Waals surface area contributed by atoms with Gasteiger partial charge >= 0.3 is 0 Å². The van der Waals surface area contributed by atoms with E-state index in [1.54, 1.807) is 0 Å². The summed E-state index contributed by atoms with van der Waals surface area (Å²) in [7, 11) is 1.99. The molecule has 0 fully saturated rings. The molecule has 0 saturated carbocycles. The van der Waals surface area contributed by atoms with E-state index in [4.69, 9.17) is 0 Å². The number of aromatic nitrogens is 2. The van der Waals surface area contributed by atoms with Crippen LogP contribution in [0.2, 0.25) is 0 Å². The van der Waals surface area contributed by atoms with Crippen molar-refractivity contribution >= 4 is 0 Å². The molecule has 0 saturated heterocycles. The van der Waals surface area contributed by atoms with Crippen LogP contribution in [0.25, 0.3) is 0 Å². The van der Waals surface area contributed by atoms with Gasteiger partial charge in [0.2, 0.25) is 0 Å². The Bertz CT molecular complexity index is 337. The molecule has 3 nitrogen and oxygen atoms in total. The molecule has 0 aliphatic carbocycles. The third-order valence-electron chi connectivity index (χ3n) is 3.34. The zero-order chi connectivity index (χ0) is 12.8. The Hall–Kier alpha value is -0.960. The summed E-state index contributed by atoms with van der Waals surface area (Å²) >= 11 is 0. The first kappa shape index (κ1) is 14.1. The van der Waals surface area contributed by atoms with Crippen molar-refractivity contribution in [1.82, 2.24) is 15.3 Å². The minimum atomic E-state index is 0.457. The highest BCUT2D eigenvalue weighted by Gasteiger charge is 2.11. The summed E-state index contributed by atoms with van der Waals surface area (Å²) < 4.78 is 0. The van der Waals surface area contributed by atoms with E-state index in [0.717, 1.165) is 43.0 Å². The lowest BCUT2D eigenvalue weighted by molar-refractivity contribution is 0.659. The lowest BCUT2D eigenvalue weighted by Crippen LogP contribution is -2.11. The molecular formula is C14H25N3. The number of hydrogen-bond acceptors (Lipinski definition) is 3. The minimum Gasteiger partial charge on any atom is -0.320 e. The fourth-order valence-corrected chi connectivity index (χ4v) is 1.97. The van der Waals surface area contributed by atoms with Gasteiger partial charge in [-0.1, -0.05) is 13.8 Å². The fourth-order valence-electron chi connectivity index (χ4n) is 1.97. The lowest BCUT2D eigenvalue weighted by Gasteiger charge is -2.13. The van der Waals surface area contributed by atoms with Crippen molar-refractivity contribution in [2.24, 2.45) is 0 Å². The molecule has 3 heteroatoms. The predicted octanol–water partition coefficient (Wildman–Crippen LogP) is 2.76. The van der Waals surface area contributed by atoms with Gasteiger partial charge < -0.3 is 5.32 Å². The van der Waals surface area contributed by atoms with Gasteiger partial charge in [-0.05, 0) is 52.3 Å². The zero-order valence-corrected chi connectivity index (χ0v) is 11.8. The third-order valence-corrected chi connectivity index (χ3v) is 3.34. The SMILES string of the molecule is CCC(C)c1nc(C)c(CCCNC)c(C)n1. The van der Waals surface area contributed by atoms with E-state index < -0.39 is 0 Å². The summed E-state index contributed by atoms with van der Waals surface area (Å²) in [5.74, 6) is 1.46. The van der Waals surface area contributed by atoms with Gasteiger partial charge in [0.15, 0.2) is 0 Å². The average Bonchev–Trinajstić information content (AvgIpc) is 2.31. The largest absolute Gasteiger partial charge is 0.320 e. The summed E-state index contributed by atoms with van der Waals surface area (Å²) in [5.41, 5.74) is 3.64. The second-order valence-electron chi connectivity index (χ2n) is 4.75. The highest BCUT2D eigenvalue weighted by atomic mass is 14.9. The van der Waals surface area contributed by atoms with Crippen LogP contribution in [0, 0.1) is 13.8 Å². The maximum atomic E-state index is 4.65. The van der Waals surface area contributed by atoms with Gasteiger partial charge in [0, 0.05) is 17.3 Å². The van der Waals surface area contributed by atoms with Crippen LogP contribution in [0.4, 0.5) is 0 Å². The molecule has 1 aromatic rings. The predicted molar refractivity (Wildman–Crippen MR) is 72.5 cm³/mol. The zero-order valence-electron chi connectivity index (χ0n) is 11.8. The molecule has 0 amide bonds. The van der Waals surface area contributed by atoms with Gasteiger partial charge in [-0.25, -0.2) is 9.97 Å². The number of hydrogen-bond donors (Lipinski definition) is 1. The van der Waals surface area contributed by atoms with Crippen LogP contribution in [-0.4, -0.2) is 23.6 Å². The average molecular weight is 235 g/mol. The van der Waals surface area contributed by atoms with E-state index in [-0.39, 0.29) is 0 Å². The molecule has 17 heavy (non-hydrogen) atoms. The smallest absolute Gasteiger partial charge is 0.131 e. The number of rotatable bonds is 6. The van der Waals surface area contributed by atoms with Gasteiger partial charge in [0.05, 0.1) is 0 Å². The van der Waals surface area contributed by atoms with Gasteiger partial charge in [-0.2, -0.15) is 0 Å². The van der Waals surface area contributed by atoms with Gasteiger partial charge in [-0.3, -0.25) is 0 Å². The number of nitrogens with zero attached hydrogens (tertiary/aromatic N) is 2. The molecule has 96 valence electrons. The van der Waals surface area contributed by atoms with Crippen LogP contribution in [-0.2, 0) is 6.42 Å². The van der Waals surface area contributed by atoms with Gasteiger partial charge in [0.1, 0.15) is 5.82 Å². The second kappa shape index (κ2) is 6.70. The maximum Gasteiger partial charge on any atom is 0.131 e. The van der Waals surface area contributed by atoms with E-state index in [2.05, 4.69) is 43.0 Å². The van der Waals surface area contributed by atoms with Crippen molar-refractivity contribution in [3.63, 3.8) is 0 Å². The summed E-state index contributed by atoms with van der Waals surface area (Å²) in [6.45, 7) is 9.63. The number of aryl methyl sites for hydroxylation is 2. The normalized spacial score (nSPS) is 12.8. The number of nitrogens with one attached hydrogen (secondary N) is 1. The first-order valence-electron chi connectivity index (χ1n) is 6.58. The van der Waals surface area contributed by atoms with Crippen LogP contribution in [0.15, 0.2) is 0 Å². The van der Waals surface area contributed by atoms with E-state index in [1.807, 2.05) is 7.05 Å². The molecule has 0 aromatic carbocycles. The molecule has 0 radical (unpaired) electrons. The minimum absolute atomic E-state index is 0.457. The third kappa shape index (κ3) is 3.77. The first-order chi connectivity index (χ1) is 8.10. The Morgan fingerprint density at radius 2 is 1.76 bits per heavy atom. The Balaban J connectivity index is 2.86. The lowest BCUT2D eigenvalue weighted by atomic mass is 10.0. The molecule has 1 heterocycles. The molecule has 0 spiro atoms.